The minimum Gasteiger partial charge on any atom is -0.305 e. The van der Waals surface area contributed by atoms with Gasteiger partial charge in [0.15, 0.2) is 0 Å². The van der Waals surface area contributed by atoms with Gasteiger partial charge in [0.1, 0.15) is 5.69 Å². The Balaban J connectivity index is 2.02. The predicted octanol–water partition coefficient (Wildman–Crippen LogP) is 3.83. The van der Waals surface area contributed by atoms with Crippen LogP contribution < -0.4 is 4.90 Å². The van der Waals surface area contributed by atoms with Crippen molar-refractivity contribution >= 4 is 35.0 Å². The average molecular weight is 334 g/mol. The molecule has 0 N–H and O–H groups in total. The molecule has 0 fully saturated rings. The van der Waals surface area contributed by atoms with Crippen LogP contribution in [0.15, 0.2) is 35.5 Å². The van der Waals surface area contributed by atoms with E-state index in [1.807, 2.05) is 25.1 Å². The van der Waals surface area contributed by atoms with Crippen molar-refractivity contribution in [3.05, 3.63) is 47.0 Å². The van der Waals surface area contributed by atoms with E-state index in [1.54, 1.807) is 22.9 Å². The van der Waals surface area contributed by atoms with Gasteiger partial charge in [0.05, 0.1) is 17.6 Å². The number of aromatic nitrogens is 2. The summed E-state index contributed by atoms with van der Waals surface area (Å²) >= 11 is 7.88. The van der Waals surface area contributed by atoms with Gasteiger partial charge in [0.25, 0.3) is 5.91 Å². The third-order valence-electron chi connectivity index (χ3n) is 3.47. The van der Waals surface area contributed by atoms with Crippen molar-refractivity contribution in [1.82, 2.24) is 9.97 Å². The van der Waals surface area contributed by atoms with Crippen LogP contribution in [0, 0.1) is 12.8 Å². The summed E-state index contributed by atoms with van der Waals surface area (Å²) in [4.78, 5) is 24.1. The Morgan fingerprint density at radius 2 is 2.18 bits per heavy atom. The number of carbonyl (C=O) groups is 1. The van der Waals surface area contributed by atoms with Gasteiger partial charge in [-0.15, -0.1) is 11.8 Å². The Labute approximate surface area is 138 Å². The summed E-state index contributed by atoms with van der Waals surface area (Å²) in [6.07, 6.45) is 3.15. The van der Waals surface area contributed by atoms with E-state index in [0.717, 1.165) is 22.0 Å². The van der Waals surface area contributed by atoms with E-state index in [1.165, 1.54) is 6.20 Å². The Kier molecular flexibility index (Phi) is 4.36. The third kappa shape index (κ3) is 3.10. The lowest BCUT2D eigenvalue weighted by molar-refractivity contribution is 0.0978. The molecule has 1 atom stereocenters. The average Bonchev–Trinajstić information content (AvgIpc) is 2.67. The first-order chi connectivity index (χ1) is 10.5. The number of benzene rings is 1. The molecule has 1 aromatic carbocycles. The molecule has 0 radical (unpaired) electrons. The molecule has 2 aromatic rings. The van der Waals surface area contributed by atoms with Crippen molar-refractivity contribution in [2.45, 2.75) is 18.7 Å². The molecule has 0 saturated carbocycles. The molecule has 0 spiro atoms. The molecule has 1 unspecified atom stereocenters. The molecule has 1 aromatic heterocycles. The molecule has 0 aliphatic carbocycles. The number of halogens is 1. The predicted molar refractivity (Wildman–Crippen MR) is 89.8 cm³/mol. The number of aryl methyl sites for hydroxylation is 1. The maximum absolute atomic E-state index is 12.9. The fraction of sp³-hybridized carbons (Fsp3) is 0.312. The summed E-state index contributed by atoms with van der Waals surface area (Å²) in [7, 11) is 0. The zero-order valence-corrected chi connectivity index (χ0v) is 14.0. The van der Waals surface area contributed by atoms with Crippen LogP contribution in [0.2, 0.25) is 5.02 Å². The van der Waals surface area contributed by atoms with Crippen molar-refractivity contribution in [1.29, 1.82) is 0 Å². The lowest BCUT2D eigenvalue weighted by Crippen LogP contribution is -2.35. The van der Waals surface area contributed by atoms with Crippen LogP contribution in [0.25, 0.3) is 0 Å². The maximum atomic E-state index is 12.9. The zero-order valence-electron chi connectivity index (χ0n) is 12.4. The molecule has 1 aliphatic rings. The second-order valence-corrected chi connectivity index (χ2v) is 6.99. The van der Waals surface area contributed by atoms with Crippen LogP contribution in [0.1, 0.15) is 23.1 Å². The third-order valence-corrected chi connectivity index (χ3v) is 5.10. The normalized spacial score (nSPS) is 17.8. The maximum Gasteiger partial charge on any atom is 0.278 e. The Morgan fingerprint density at radius 1 is 1.36 bits per heavy atom. The highest BCUT2D eigenvalue weighted by molar-refractivity contribution is 7.99. The summed E-state index contributed by atoms with van der Waals surface area (Å²) in [6, 6.07) is 5.68. The number of nitrogens with zero attached hydrogens (tertiary/aromatic N) is 3. The molecular weight excluding hydrogens is 318 g/mol. The highest BCUT2D eigenvalue weighted by Crippen LogP contribution is 2.37. The quantitative estimate of drug-likeness (QED) is 0.795. The molecule has 2 heterocycles. The standard InChI is InChI=1S/C16H16ClN3OS/c1-10-8-20(16(21)13-7-18-11(2)6-19-13)14-5-12(17)3-4-15(14)22-9-10/h3-7,10H,8-9H2,1-2H3. The molecule has 1 aliphatic heterocycles. The van der Waals surface area contributed by atoms with Crippen molar-refractivity contribution in [2.75, 3.05) is 17.2 Å². The Morgan fingerprint density at radius 3 is 2.91 bits per heavy atom. The van der Waals surface area contributed by atoms with Crippen LogP contribution in [-0.4, -0.2) is 28.2 Å². The number of fused-ring (bicyclic) bond motifs is 1. The van der Waals surface area contributed by atoms with Crippen LogP contribution >= 0.6 is 23.4 Å². The number of thioether (sulfide) groups is 1. The Hall–Kier alpha value is -1.59. The smallest absolute Gasteiger partial charge is 0.278 e. The Bertz CT molecular complexity index is 705. The highest BCUT2D eigenvalue weighted by Gasteiger charge is 2.26. The molecule has 3 rings (SSSR count). The van der Waals surface area contributed by atoms with Crippen LogP contribution in [0.4, 0.5) is 5.69 Å². The van der Waals surface area contributed by atoms with Gasteiger partial charge in [0.2, 0.25) is 0 Å². The molecule has 1 amide bonds. The van der Waals surface area contributed by atoms with E-state index in [2.05, 4.69) is 16.9 Å². The summed E-state index contributed by atoms with van der Waals surface area (Å²) in [5.74, 6) is 1.22. The molecule has 22 heavy (non-hydrogen) atoms. The first-order valence-corrected chi connectivity index (χ1v) is 8.44. The first-order valence-electron chi connectivity index (χ1n) is 7.07. The van der Waals surface area contributed by atoms with Crippen LogP contribution in [0.3, 0.4) is 0 Å². The van der Waals surface area contributed by atoms with Gasteiger partial charge in [-0.25, -0.2) is 4.98 Å². The molecule has 0 saturated heterocycles. The summed E-state index contributed by atoms with van der Waals surface area (Å²) in [5.41, 5.74) is 2.00. The van der Waals surface area contributed by atoms with Crippen molar-refractivity contribution in [2.24, 2.45) is 5.92 Å². The summed E-state index contributed by atoms with van der Waals surface area (Å²) < 4.78 is 0. The second kappa shape index (κ2) is 6.26. The fourth-order valence-electron chi connectivity index (χ4n) is 2.35. The molecule has 4 nitrogen and oxygen atoms in total. The zero-order chi connectivity index (χ0) is 15.7. The van der Waals surface area contributed by atoms with Gasteiger partial charge in [-0.05, 0) is 31.0 Å². The highest BCUT2D eigenvalue weighted by atomic mass is 35.5. The number of carbonyl (C=O) groups excluding carboxylic acids is 1. The first kappa shape index (κ1) is 15.3. The molecular formula is C16H16ClN3OS. The van der Waals surface area contributed by atoms with E-state index in [0.29, 0.717) is 23.2 Å². The van der Waals surface area contributed by atoms with Crippen LogP contribution in [0.5, 0.6) is 0 Å². The number of amides is 1. The van der Waals surface area contributed by atoms with Gasteiger partial charge < -0.3 is 4.90 Å². The largest absolute Gasteiger partial charge is 0.305 e. The SMILES string of the molecule is Cc1cnc(C(=O)N2CC(C)CSc3ccc(Cl)cc32)cn1. The summed E-state index contributed by atoms with van der Waals surface area (Å²) in [5, 5.41) is 0.627. The van der Waals surface area contributed by atoms with Crippen molar-refractivity contribution in [3.63, 3.8) is 0 Å². The van der Waals surface area contributed by atoms with Gasteiger partial charge in [-0.1, -0.05) is 18.5 Å². The number of hydrogen-bond acceptors (Lipinski definition) is 4. The number of hydrogen-bond donors (Lipinski definition) is 0. The second-order valence-electron chi connectivity index (χ2n) is 5.49. The number of rotatable bonds is 1. The van der Waals surface area contributed by atoms with Crippen molar-refractivity contribution < 1.29 is 4.79 Å². The van der Waals surface area contributed by atoms with Crippen molar-refractivity contribution in [3.8, 4) is 0 Å². The minimum atomic E-state index is -0.134. The van der Waals surface area contributed by atoms with E-state index >= 15 is 0 Å². The van der Waals surface area contributed by atoms with Gasteiger partial charge in [-0.2, -0.15) is 0 Å². The minimum absolute atomic E-state index is 0.134. The van der Waals surface area contributed by atoms with Gasteiger partial charge in [-0.3, -0.25) is 9.78 Å². The molecule has 6 heteroatoms. The van der Waals surface area contributed by atoms with E-state index < -0.39 is 0 Å². The van der Waals surface area contributed by atoms with E-state index in [-0.39, 0.29) is 5.91 Å². The molecule has 0 bridgehead atoms. The topological polar surface area (TPSA) is 46.1 Å². The van der Waals surface area contributed by atoms with Gasteiger partial charge in [0, 0.05) is 28.4 Å². The van der Waals surface area contributed by atoms with E-state index in [9.17, 15) is 4.79 Å². The lowest BCUT2D eigenvalue weighted by atomic mass is 10.1. The fourth-order valence-corrected chi connectivity index (χ4v) is 3.57. The molecule has 114 valence electrons. The lowest BCUT2D eigenvalue weighted by Gasteiger charge is -2.24. The number of anilines is 1. The van der Waals surface area contributed by atoms with Crippen LogP contribution in [-0.2, 0) is 0 Å². The monoisotopic (exact) mass is 333 g/mol. The summed E-state index contributed by atoms with van der Waals surface area (Å²) in [6.45, 7) is 4.64. The van der Waals surface area contributed by atoms with E-state index in [4.69, 9.17) is 11.6 Å². The van der Waals surface area contributed by atoms with Gasteiger partial charge >= 0.3 is 0 Å².